The van der Waals surface area contributed by atoms with E-state index in [1.807, 2.05) is 14.1 Å². The monoisotopic (exact) mass is 581 g/mol. The maximum absolute atomic E-state index is 12.5. The van der Waals surface area contributed by atoms with Crippen LogP contribution in [0.5, 0.6) is 0 Å². The second-order valence-electron chi connectivity index (χ2n) is 15.2. The molecule has 230 valence electrons. The molecule has 1 aliphatic carbocycles. The highest BCUT2D eigenvalue weighted by atomic mass is 16.4. The summed E-state index contributed by atoms with van der Waals surface area (Å²) in [7, 11) is 12.5. The normalized spacial score (nSPS) is 14.8. The van der Waals surface area contributed by atoms with Gasteiger partial charge in [0.1, 0.15) is 0 Å². The zero-order chi connectivity index (χ0) is 32.0. The van der Waals surface area contributed by atoms with Crippen molar-refractivity contribution < 1.29 is 9.90 Å². The molecule has 0 heterocycles. The number of nitrogens with zero attached hydrogens (tertiary/aromatic N) is 3. The predicted molar refractivity (Wildman–Crippen MR) is 181 cm³/mol. The fourth-order valence-electron chi connectivity index (χ4n) is 6.45. The molecule has 0 bridgehead atoms. The molecule has 1 aliphatic rings. The number of hydrogen-bond acceptors (Lipinski definition) is 4. The van der Waals surface area contributed by atoms with E-state index in [0.29, 0.717) is 6.54 Å². The maximum atomic E-state index is 12.5. The first-order chi connectivity index (χ1) is 19.9. The van der Waals surface area contributed by atoms with Gasteiger partial charge in [-0.1, -0.05) is 65.5 Å². The van der Waals surface area contributed by atoms with Gasteiger partial charge in [0.25, 0.3) is 0 Å². The average molecular weight is 582 g/mol. The number of hydrogen-bond donors (Lipinski definition) is 1. The molecular formula is C38H51N3O2. The lowest BCUT2D eigenvalue weighted by Gasteiger charge is -2.28. The molecule has 0 amide bonds. The number of carbonyl (C=O) groups is 1. The summed E-state index contributed by atoms with van der Waals surface area (Å²) < 4.78 is 0. The minimum atomic E-state index is -0.790. The first-order valence-electron chi connectivity index (χ1n) is 15.3. The van der Waals surface area contributed by atoms with Crippen LogP contribution in [-0.4, -0.2) is 74.6 Å². The summed E-state index contributed by atoms with van der Waals surface area (Å²) >= 11 is 0. The Labute approximate surface area is 259 Å². The highest BCUT2D eigenvalue weighted by Gasteiger charge is 2.37. The van der Waals surface area contributed by atoms with Crippen LogP contribution in [0, 0.1) is 11.8 Å². The molecule has 43 heavy (non-hydrogen) atoms. The minimum Gasteiger partial charge on any atom is -0.481 e. The number of carboxylic acid groups (broad SMARTS) is 1. The Bertz CT molecular complexity index is 1610. The largest absolute Gasteiger partial charge is 0.481 e. The van der Waals surface area contributed by atoms with Gasteiger partial charge < -0.3 is 14.9 Å². The van der Waals surface area contributed by atoms with E-state index in [1.54, 1.807) is 0 Å². The lowest BCUT2D eigenvalue weighted by Crippen LogP contribution is -2.18. The molecule has 1 N–H and O–H groups in total. The van der Waals surface area contributed by atoms with Crippen molar-refractivity contribution in [3.8, 4) is 23.0 Å². The third kappa shape index (κ3) is 6.99. The van der Waals surface area contributed by atoms with E-state index in [2.05, 4.69) is 127 Å². The molecule has 1 unspecified atom stereocenters. The van der Waals surface area contributed by atoms with Gasteiger partial charge in [0.05, 0.1) is 13.0 Å². The van der Waals surface area contributed by atoms with E-state index in [1.165, 1.54) is 38.6 Å². The summed E-state index contributed by atoms with van der Waals surface area (Å²) in [6.07, 6.45) is 0.0299. The third-order valence-electron chi connectivity index (χ3n) is 8.24. The summed E-state index contributed by atoms with van der Waals surface area (Å²) in [6.45, 7) is 15.8. The quantitative estimate of drug-likeness (QED) is 0.303. The van der Waals surface area contributed by atoms with Crippen molar-refractivity contribution in [1.29, 1.82) is 0 Å². The first kappa shape index (κ1) is 32.7. The van der Waals surface area contributed by atoms with Crippen molar-refractivity contribution in [1.82, 2.24) is 14.7 Å². The lowest BCUT2D eigenvalue weighted by molar-refractivity contribution is -0.137. The molecule has 0 radical (unpaired) electrons. The number of carboxylic acids is 1. The van der Waals surface area contributed by atoms with Gasteiger partial charge >= 0.3 is 5.97 Å². The summed E-state index contributed by atoms with van der Waals surface area (Å²) in [5.74, 6) is 5.79. The van der Waals surface area contributed by atoms with Crippen molar-refractivity contribution in [3.63, 3.8) is 0 Å². The van der Waals surface area contributed by atoms with Crippen molar-refractivity contribution in [2.24, 2.45) is 0 Å². The van der Waals surface area contributed by atoms with Gasteiger partial charge in [0, 0.05) is 24.6 Å². The van der Waals surface area contributed by atoms with Gasteiger partial charge in [-0.05, 0) is 127 Å². The Morgan fingerprint density at radius 3 is 1.95 bits per heavy atom. The van der Waals surface area contributed by atoms with Crippen LogP contribution in [-0.2, 0) is 28.7 Å². The SMILES string of the molecule is CN(C)CC#Cc1cc(C(C)(C)C)cc2c1C(CC(=O)O)c1c-2cc(C(C)(C)C)c2c(CN(C)C)cc(CN(C)C)cc12. The van der Waals surface area contributed by atoms with Crippen LogP contribution < -0.4 is 0 Å². The van der Waals surface area contributed by atoms with Crippen molar-refractivity contribution in [2.45, 2.75) is 77.8 Å². The van der Waals surface area contributed by atoms with Crippen LogP contribution in [0.4, 0.5) is 0 Å². The molecule has 1 atom stereocenters. The minimum absolute atomic E-state index is 0.0299. The van der Waals surface area contributed by atoms with E-state index >= 15 is 0 Å². The third-order valence-corrected chi connectivity index (χ3v) is 8.24. The summed E-state index contributed by atoms with van der Waals surface area (Å²) in [6, 6.07) is 11.6. The molecular weight excluding hydrogens is 530 g/mol. The fourth-order valence-corrected chi connectivity index (χ4v) is 6.45. The Morgan fingerprint density at radius 2 is 1.42 bits per heavy atom. The Hall–Kier alpha value is -3.17. The van der Waals surface area contributed by atoms with E-state index in [4.69, 9.17) is 0 Å². The Balaban J connectivity index is 2.22. The van der Waals surface area contributed by atoms with E-state index in [9.17, 15) is 9.90 Å². The zero-order valence-corrected chi connectivity index (χ0v) is 28.5. The highest BCUT2D eigenvalue weighted by Crippen LogP contribution is 2.54. The fraction of sp³-hybridized carbons (Fsp3) is 0.500. The summed E-state index contributed by atoms with van der Waals surface area (Å²) in [5, 5.41) is 12.7. The van der Waals surface area contributed by atoms with E-state index < -0.39 is 5.97 Å². The molecule has 0 saturated heterocycles. The molecule has 3 aromatic rings. The molecule has 0 aromatic heterocycles. The Kier molecular flexibility index (Phi) is 9.20. The van der Waals surface area contributed by atoms with Gasteiger partial charge in [0.15, 0.2) is 0 Å². The lowest BCUT2D eigenvalue weighted by atomic mass is 9.78. The smallest absolute Gasteiger partial charge is 0.304 e. The topological polar surface area (TPSA) is 47.0 Å². The molecule has 0 aliphatic heterocycles. The summed E-state index contributed by atoms with van der Waals surface area (Å²) in [4.78, 5) is 19.0. The van der Waals surface area contributed by atoms with Crippen LogP contribution in [0.2, 0.25) is 0 Å². The predicted octanol–water partition coefficient (Wildman–Crippen LogP) is 7.06. The van der Waals surface area contributed by atoms with Gasteiger partial charge in [-0.2, -0.15) is 0 Å². The molecule has 5 heteroatoms. The van der Waals surface area contributed by atoms with Crippen molar-refractivity contribution >= 4 is 16.7 Å². The van der Waals surface area contributed by atoms with Gasteiger partial charge in [-0.15, -0.1) is 0 Å². The second-order valence-corrected chi connectivity index (χ2v) is 15.2. The van der Waals surface area contributed by atoms with Crippen LogP contribution >= 0.6 is 0 Å². The van der Waals surface area contributed by atoms with Crippen LogP contribution in [0.15, 0.2) is 30.3 Å². The van der Waals surface area contributed by atoms with Gasteiger partial charge in [0.2, 0.25) is 0 Å². The van der Waals surface area contributed by atoms with E-state index in [0.717, 1.165) is 35.3 Å². The highest BCUT2D eigenvalue weighted by molar-refractivity contribution is 6.02. The van der Waals surface area contributed by atoms with Gasteiger partial charge in [-0.25, -0.2) is 0 Å². The van der Waals surface area contributed by atoms with Crippen molar-refractivity contribution in [2.75, 3.05) is 48.8 Å². The van der Waals surface area contributed by atoms with Crippen LogP contribution in [0.25, 0.3) is 21.9 Å². The second kappa shape index (κ2) is 12.1. The number of aliphatic carboxylic acids is 1. The molecule has 3 aromatic carbocycles. The zero-order valence-electron chi connectivity index (χ0n) is 28.5. The first-order valence-corrected chi connectivity index (χ1v) is 15.3. The summed E-state index contributed by atoms with van der Waals surface area (Å²) in [5.41, 5.74) is 10.3. The molecule has 4 rings (SSSR count). The number of rotatable bonds is 7. The van der Waals surface area contributed by atoms with Crippen LogP contribution in [0.1, 0.15) is 92.8 Å². The molecule has 0 spiro atoms. The average Bonchev–Trinajstić information content (AvgIpc) is 3.14. The van der Waals surface area contributed by atoms with E-state index in [-0.39, 0.29) is 23.2 Å². The van der Waals surface area contributed by atoms with Crippen molar-refractivity contribution in [3.05, 3.63) is 69.3 Å². The molecule has 0 fully saturated rings. The van der Waals surface area contributed by atoms with Gasteiger partial charge in [-0.3, -0.25) is 9.69 Å². The Morgan fingerprint density at radius 1 is 0.791 bits per heavy atom. The standard InChI is InChI=1S/C38H51N3O2/c1-37(2,3)27-18-25(14-13-15-39(7)8)34-28(19-27)29-20-32(38(4,5)6)35-26(23-41(11)12)16-24(22-40(9)10)17-30(35)36(29)31(34)21-33(42)43/h16-20,31H,15,21-23H2,1-12H3,(H,42,43). The molecule has 0 saturated carbocycles. The maximum Gasteiger partial charge on any atom is 0.304 e. The number of fused-ring (bicyclic) bond motifs is 5. The number of benzene rings is 3. The molecule has 5 nitrogen and oxygen atoms in total. The van der Waals surface area contributed by atoms with Crippen LogP contribution in [0.3, 0.4) is 0 Å².